The van der Waals surface area contributed by atoms with Crippen LogP contribution in [0.1, 0.15) is 25.5 Å². The van der Waals surface area contributed by atoms with Crippen molar-refractivity contribution < 1.29 is 0 Å². The molecule has 0 spiro atoms. The third kappa shape index (κ3) is 2.76. The van der Waals surface area contributed by atoms with Crippen LogP contribution in [0.5, 0.6) is 0 Å². The van der Waals surface area contributed by atoms with Gasteiger partial charge in [-0.2, -0.15) is 0 Å². The van der Waals surface area contributed by atoms with Crippen LogP contribution in [0.3, 0.4) is 0 Å². The zero-order valence-corrected chi connectivity index (χ0v) is 9.61. The molecular weight excluding hydrogens is 198 g/mol. The molecule has 0 aliphatic heterocycles. The van der Waals surface area contributed by atoms with Gasteiger partial charge in [0.15, 0.2) is 0 Å². The summed E-state index contributed by atoms with van der Waals surface area (Å²) in [5.41, 5.74) is 2.94. The first-order valence-electron chi connectivity index (χ1n) is 5.81. The van der Waals surface area contributed by atoms with E-state index in [1.54, 1.807) is 0 Å². The number of nitrogens with zero attached hydrogens (tertiary/aromatic N) is 2. The second kappa shape index (κ2) is 5.56. The minimum absolute atomic E-state index is 0.803. The van der Waals surface area contributed by atoms with E-state index in [9.17, 15) is 0 Å². The molecule has 0 radical (unpaired) electrons. The van der Waals surface area contributed by atoms with E-state index in [-0.39, 0.29) is 0 Å². The molecule has 84 valence electrons. The molecule has 3 nitrogen and oxygen atoms in total. The summed E-state index contributed by atoms with van der Waals surface area (Å²) in [4.78, 5) is 8.93. The normalized spacial score (nSPS) is 10.8. The van der Waals surface area contributed by atoms with Crippen molar-refractivity contribution in [3.8, 4) is 0 Å². The predicted molar refractivity (Wildman–Crippen MR) is 66.2 cm³/mol. The van der Waals surface area contributed by atoms with Crippen LogP contribution in [0.15, 0.2) is 30.5 Å². The van der Waals surface area contributed by atoms with Crippen molar-refractivity contribution in [1.29, 1.82) is 0 Å². The van der Waals surface area contributed by atoms with Gasteiger partial charge in [-0.15, -0.1) is 0 Å². The van der Waals surface area contributed by atoms with Crippen LogP contribution in [-0.4, -0.2) is 16.5 Å². The first-order valence-corrected chi connectivity index (χ1v) is 5.81. The van der Waals surface area contributed by atoms with Crippen LogP contribution in [0.4, 0.5) is 0 Å². The molecule has 0 fully saturated rings. The van der Waals surface area contributed by atoms with Crippen LogP contribution >= 0.6 is 0 Å². The first kappa shape index (κ1) is 11.0. The van der Waals surface area contributed by atoms with Gasteiger partial charge in [0.1, 0.15) is 0 Å². The fourth-order valence-electron chi connectivity index (χ4n) is 1.60. The lowest BCUT2D eigenvalue weighted by Crippen LogP contribution is -2.15. The summed E-state index contributed by atoms with van der Waals surface area (Å²) in [5, 5.41) is 3.36. The minimum Gasteiger partial charge on any atom is -0.311 e. The van der Waals surface area contributed by atoms with Crippen molar-refractivity contribution in [1.82, 2.24) is 15.3 Å². The van der Waals surface area contributed by atoms with Crippen molar-refractivity contribution in [2.24, 2.45) is 0 Å². The van der Waals surface area contributed by atoms with E-state index >= 15 is 0 Å². The van der Waals surface area contributed by atoms with Gasteiger partial charge in [0.25, 0.3) is 0 Å². The average molecular weight is 215 g/mol. The van der Waals surface area contributed by atoms with Gasteiger partial charge in [-0.25, -0.2) is 4.98 Å². The van der Waals surface area contributed by atoms with E-state index in [1.165, 1.54) is 12.8 Å². The van der Waals surface area contributed by atoms with Gasteiger partial charge in [-0.3, -0.25) is 4.98 Å². The lowest BCUT2D eigenvalue weighted by molar-refractivity contribution is 0.633. The highest BCUT2D eigenvalue weighted by molar-refractivity contribution is 5.73. The Labute approximate surface area is 95.9 Å². The summed E-state index contributed by atoms with van der Waals surface area (Å²) in [5.74, 6) is 0. The molecule has 2 aromatic rings. The third-order valence-corrected chi connectivity index (χ3v) is 2.51. The molecule has 0 amide bonds. The summed E-state index contributed by atoms with van der Waals surface area (Å²) in [6, 6.07) is 7.95. The molecule has 0 atom stereocenters. The van der Waals surface area contributed by atoms with Crippen LogP contribution in [0, 0.1) is 0 Å². The van der Waals surface area contributed by atoms with Crippen LogP contribution in [-0.2, 0) is 6.54 Å². The molecule has 1 N–H and O–H groups in total. The number of hydrogen-bond donors (Lipinski definition) is 1. The van der Waals surface area contributed by atoms with Crippen LogP contribution in [0.2, 0.25) is 0 Å². The molecule has 0 bridgehead atoms. The highest BCUT2D eigenvalue weighted by atomic mass is 14.9. The van der Waals surface area contributed by atoms with E-state index in [2.05, 4.69) is 22.2 Å². The Kier molecular flexibility index (Phi) is 3.83. The van der Waals surface area contributed by atoms with Crippen LogP contribution in [0.25, 0.3) is 11.0 Å². The Balaban J connectivity index is 2.02. The molecular formula is C13H17N3. The van der Waals surface area contributed by atoms with E-state index in [4.69, 9.17) is 0 Å². The topological polar surface area (TPSA) is 37.8 Å². The van der Waals surface area contributed by atoms with Gasteiger partial charge in [0.2, 0.25) is 0 Å². The summed E-state index contributed by atoms with van der Waals surface area (Å²) < 4.78 is 0. The molecule has 2 rings (SSSR count). The van der Waals surface area contributed by atoms with Gasteiger partial charge in [-0.05, 0) is 25.1 Å². The number of rotatable bonds is 5. The summed E-state index contributed by atoms with van der Waals surface area (Å²) in [6.07, 6.45) is 4.28. The van der Waals surface area contributed by atoms with Gasteiger partial charge in [-0.1, -0.05) is 25.5 Å². The van der Waals surface area contributed by atoms with Crippen molar-refractivity contribution >= 4 is 11.0 Å². The maximum absolute atomic E-state index is 4.55. The largest absolute Gasteiger partial charge is 0.311 e. The Bertz CT molecular complexity index is 454. The molecule has 0 saturated carbocycles. The second-order valence-electron chi connectivity index (χ2n) is 3.88. The lowest BCUT2D eigenvalue weighted by atomic mass is 10.3. The fourth-order valence-corrected chi connectivity index (χ4v) is 1.60. The highest BCUT2D eigenvalue weighted by Crippen LogP contribution is 2.08. The van der Waals surface area contributed by atoms with E-state index in [0.717, 1.165) is 29.8 Å². The monoisotopic (exact) mass is 215 g/mol. The van der Waals surface area contributed by atoms with E-state index in [1.807, 2.05) is 30.5 Å². The molecule has 1 heterocycles. The molecule has 16 heavy (non-hydrogen) atoms. The Morgan fingerprint density at radius 3 is 2.81 bits per heavy atom. The van der Waals surface area contributed by atoms with Crippen molar-refractivity contribution in [2.45, 2.75) is 26.3 Å². The number of unbranched alkanes of at least 4 members (excludes halogenated alkanes) is 1. The minimum atomic E-state index is 0.803. The zero-order chi connectivity index (χ0) is 11.2. The number of benzene rings is 1. The zero-order valence-electron chi connectivity index (χ0n) is 9.61. The van der Waals surface area contributed by atoms with E-state index < -0.39 is 0 Å². The first-order chi connectivity index (χ1) is 7.90. The predicted octanol–water partition coefficient (Wildman–Crippen LogP) is 2.52. The number of hydrogen-bond acceptors (Lipinski definition) is 3. The quantitative estimate of drug-likeness (QED) is 0.779. The summed E-state index contributed by atoms with van der Waals surface area (Å²) in [6.45, 7) is 4.04. The maximum Gasteiger partial charge on any atom is 0.0890 e. The number of aromatic nitrogens is 2. The third-order valence-electron chi connectivity index (χ3n) is 2.51. The summed E-state index contributed by atoms with van der Waals surface area (Å²) >= 11 is 0. The summed E-state index contributed by atoms with van der Waals surface area (Å²) in [7, 11) is 0. The average Bonchev–Trinajstić information content (AvgIpc) is 2.34. The molecule has 1 aromatic heterocycles. The van der Waals surface area contributed by atoms with Gasteiger partial charge in [0.05, 0.1) is 22.9 Å². The number of para-hydroxylation sites is 2. The molecule has 1 aromatic carbocycles. The molecule has 0 saturated heterocycles. The maximum atomic E-state index is 4.55. The molecule has 0 aliphatic rings. The molecule has 0 aliphatic carbocycles. The van der Waals surface area contributed by atoms with Gasteiger partial charge >= 0.3 is 0 Å². The SMILES string of the molecule is CCCCNCc1cnc2ccccc2n1. The van der Waals surface area contributed by atoms with Crippen molar-refractivity contribution in [2.75, 3.05) is 6.54 Å². The standard InChI is InChI=1S/C13H17N3/c1-2-3-8-14-9-11-10-15-12-6-4-5-7-13(12)16-11/h4-7,10,14H,2-3,8-9H2,1H3. The Morgan fingerprint density at radius 2 is 2.00 bits per heavy atom. The number of fused-ring (bicyclic) bond motifs is 1. The van der Waals surface area contributed by atoms with Crippen LogP contribution < -0.4 is 5.32 Å². The molecule has 0 unspecified atom stereocenters. The highest BCUT2D eigenvalue weighted by Gasteiger charge is 1.98. The van der Waals surface area contributed by atoms with E-state index in [0.29, 0.717) is 0 Å². The van der Waals surface area contributed by atoms with Gasteiger partial charge < -0.3 is 5.32 Å². The second-order valence-corrected chi connectivity index (χ2v) is 3.88. The Hall–Kier alpha value is -1.48. The lowest BCUT2D eigenvalue weighted by Gasteiger charge is -2.04. The van der Waals surface area contributed by atoms with Crippen molar-refractivity contribution in [3.63, 3.8) is 0 Å². The van der Waals surface area contributed by atoms with Crippen molar-refractivity contribution in [3.05, 3.63) is 36.2 Å². The smallest absolute Gasteiger partial charge is 0.0890 e. The number of nitrogens with one attached hydrogen (secondary N) is 1. The Morgan fingerprint density at radius 1 is 1.19 bits per heavy atom. The fraction of sp³-hybridized carbons (Fsp3) is 0.385. The molecule has 3 heteroatoms. The van der Waals surface area contributed by atoms with Gasteiger partial charge in [0, 0.05) is 6.54 Å².